The number of hydrogen-bond donors (Lipinski definition) is 2. The normalized spacial score (nSPS) is 18.8. The molecule has 0 saturated heterocycles. The predicted octanol–water partition coefficient (Wildman–Crippen LogP) is 2.19. The molecular weight excluding hydrogens is 272 g/mol. The average Bonchev–Trinajstić information content (AvgIpc) is 2.67. The Morgan fingerprint density at radius 3 is 2.57 bits per heavy atom. The minimum absolute atomic E-state index is 0.0436. The van der Waals surface area contributed by atoms with Gasteiger partial charge in [0.1, 0.15) is 0 Å². The van der Waals surface area contributed by atoms with E-state index >= 15 is 0 Å². The molecule has 0 amide bonds. The van der Waals surface area contributed by atoms with Crippen molar-refractivity contribution in [3.63, 3.8) is 0 Å². The molecule has 0 heterocycles. The van der Waals surface area contributed by atoms with E-state index in [1.54, 1.807) is 6.08 Å². The number of carboxylic acid groups (broad SMARTS) is 1. The third kappa shape index (κ3) is 5.63. The molecule has 1 rings (SSSR count). The summed E-state index contributed by atoms with van der Waals surface area (Å²) in [5.41, 5.74) is 1.18. The molecule has 5 nitrogen and oxygen atoms in total. The van der Waals surface area contributed by atoms with Crippen molar-refractivity contribution < 1.29 is 24.6 Å². The van der Waals surface area contributed by atoms with Gasteiger partial charge < -0.3 is 10.2 Å². The molecule has 1 atom stereocenters. The first-order valence-electron chi connectivity index (χ1n) is 7.32. The van der Waals surface area contributed by atoms with Crippen LogP contribution in [0.1, 0.15) is 51.9 Å². The van der Waals surface area contributed by atoms with Crippen LogP contribution in [0.3, 0.4) is 0 Å². The first-order chi connectivity index (χ1) is 9.95. The number of carbonyl (C=O) groups excluding carboxylic acids is 2. The van der Waals surface area contributed by atoms with Gasteiger partial charge in [0.2, 0.25) is 0 Å². The van der Waals surface area contributed by atoms with Crippen molar-refractivity contribution in [3.05, 3.63) is 23.3 Å². The van der Waals surface area contributed by atoms with Gasteiger partial charge in [0.05, 0.1) is 6.10 Å². The lowest BCUT2D eigenvalue weighted by Gasteiger charge is -2.04. The Kier molecular flexibility index (Phi) is 7.02. The summed E-state index contributed by atoms with van der Waals surface area (Å²) in [5, 5.41) is 18.3. The second kappa shape index (κ2) is 8.52. The molecule has 5 heteroatoms. The number of aliphatic hydroxyl groups excluding tert-OH is 1. The van der Waals surface area contributed by atoms with Gasteiger partial charge in [0.25, 0.3) is 0 Å². The minimum Gasteiger partial charge on any atom is -0.481 e. The molecule has 2 N–H and O–H groups in total. The zero-order valence-electron chi connectivity index (χ0n) is 12.3. The summed E-state index contributed by atoms with van der Waals surface area (Å²) in [7, 11) is 0. The van der Waals surface area contributed by atoms with E-state index < -0.39 is 12.1 Å². The largest absolute Gasteiger partial charge is 0.481 e. The molecule has 0 bridgehead atoms. The molecule has 0 fully saturated rings. The second-order valence-electron chi connectivity index (χ2n) is 5.23. The number of carboxylic acids is 1. The summed E-state index contributed by atoms with van der Waals surface area (Å²) in [4.78, 5) is 33.7. The summed E-state index contributed by atoms with van der Waals surface area (Å²) < 4.78 is 0. The lowest BCUT2D eigenvalue weighted by molar-refractivity contribution is -0.137. The highest BCUT2D eigenvalue weighted by atomic mass is 16.4. The maximum Gasteiger partial charge on any atom is 0.303 e. The van der Waals surface area contributed by atoms with E-state index in [0.29, 0.717) is 30.4 Å². The smallest absolute Gasteiger partial charge is 0.303 e. The fourth-order valence-corrected chi connectivity index (χ4v) is 2.36. The van der Waals surface area contributed by atoms with Crippen molar-refractivity contribution in [2.24, 2.45) is 0 Å². The SMILES string of the molecule is CCCC1=C(C=CC(=O)CCCCC(=O)O)C(O)CC1=O. The molecule has 0 aliphatic heterocycles. The van der Waals surface area contributed by atoms with Gasteiger partial charge in [-0.3, -0.25) is 14.4 Å². The summed E-state index contributed by atoms with van der Waals surface area (Å²) in [5.74, 6) is -1.02. The van der Waals surface area contributed by atoms with E-state index in [0.717, 1.165) is 6.42 Å². The number of unbranched alkanes of at least 4 members (excludes halogenated alkanes) is 1. The van der Waals surface area contributed by atoms with Crippen LogP contribution in [-0.4, -0.2) is 33.9 Å². The van der Waals surface area contributed by atoms with E-state index in [-0.39, 0.29) is 30.8 Å². The van der Waals surface area contributed by atoms with Crippen molar-refractivity contribution >= 4 is 17.5 Å². The highest BCUT2D eigenvalue weighted by Crippen LogP contribution is 2.27. The van der Waals surface area contributed by atoms with E-state index in [2.05, 4.69) is 0 Å². The Labute approximate surface area is 124 Å². The van der Waals surface area contributed by atoms with Crippen molar-refractivity contribution in [1.82, 2.24) is 0 Å². The van der Waals surface area contributed by atoms with E-state index in [4.69, 9.17) is 5.11 Å². The maximum atomic E-state index is 11.7. The Bertz CT molecular complexity index is 473. The molecule has 116 valence electrons. The number of allylic oxidation sites excluding steroid dienone is 2. The minimum atomic E-state index is -0.861. The second-order valence-corrected chi connectivity index (χ2v) is 5.23. The molecule has 0 aromatic carbocycles. The van der Waals surface area contributed by atoms with Gasteiger partial charge in [-0.05, 0) is 30.9 Å². The monoisotopic (exact) mass is 294 g/mol. The molecule has 1 aliphatic rings. The van der Waals surface area contributed by atoms with E-state index in [9.17, 15) is 19.5 Å². The van der Waals surface area contributed by atoms with Crippen LogP contribution in [0.4, 0.5) is 0 Å². The molecule has 0 spiro atoms. The van der Waals surface area contributed by atoms with Crippen LogP contribution in [0.25, 0.3) is 0 Å². The van der Waals surface area contributed by atoms with Gasteiger partial charge in [-0.2, -0.15) is 0 Å². The fourth-order valence-electron chi connectivity index (χ4n) is 2.36. The first-order valence-corrected chi connectivity index (χ1v) is 7.32. The fraction of sp³-hybridized carbons (Fsp3) is 0.562. The number of aliphatic hydroxyl groups is 1. The number of carbonyl (C=O) groups is 3. The van der Waals surface area contributed by atoms with Gasteiger partial charge in [0.15, 0.2) is 11.6 Å². The van der Waals surface area contributed by atoms with Crippen LogP contribution < -0.4 is 0 Å². The summed E-state index contributed by atoms with van der Waals surface area (Å²) in [6, 6.07) is 0. The predicted molar refractivity (Wildman–Crippen MR) is 77.8 cm³/mol. The van der Waals surface area contributed by atoms with Crippen LogP contribution in [0.2, 0.25) is 0 Å². The summed E-state index contributed by atoms with van der Waals surface area (Å²) in [6.07, 6.45) is 4.99. The molecule has 21 heavy (non-hydrogen) atoms. The first kappa shape index (κ1) is 17.3. The van der Waals surface area contributed by atoms with Crippen LogP contribution in [0.15, 0.2) is 23.3 Å². The lowest BCUT2D eigenvalue weighted by atomic mass is 10.0. The highest BCUT2D eigenvalue weighted by Gasteiger charge is 2.28. The molecule has 0 aromatic rings. The van der Waals surface area contributed by atoms with Crippen molar-refractivity contribution in [3.8, 4) is 0 Å². The zero-order chi connectivity index (χ0) is 15.8. The van der Waals surface area contributed by atoms with E-state index in [1.807, 2.05) is 6.92 Å². The molecule has 1 unspecified atom stereocenters. The van der Waals surface area contributed by atoms with Gasteiger partial charge in [-0.25, -0.2) is 0 Å². The third-order valence-electron chi connectivity index (χ3n) is 3.44. The number of rotatable bonds is 9. The Morgan fingerprint density at radius 2 is 1.95 bits per heavy atom. The lowest BCUT2D eigenvalue weighted by Crippen LogP contribution is -2.05. The standard InChI is InChI=1S/C16H22O5/c1-2-5-12-13(15(19)10-14(12)18)9-8-11(17)6-3-4-7-16(20)21/h8-9,15,19H,2-7,10H2,1H3,(H,20,21). The van der Waals surface area contributed by atoms with Crippen molar-refractivity contribution in [1.29, 1.82) is 0 Å². The third-order valence-corrected chi connectivity index (χ3v) is 3.44. The Hall–Kier alpha value is -1.75. The number of aliphatic carboxylic acids is 1. The van der Waals surface area contributed by atoms with Crippen molar-refractivity contribution in [2.75, 3.05) is 0 Å². The van der Waals surface area contributed by atoms with Crippen LogP contribution in [0.5, 0.6) is 0 Å². The molecule has 0 saturated carbocycles. The van der Waals surface area contributed by atoms with E-state index in [1.165, 1.54) is 6.08 Å². The topological polar surface area (TPSA) is 91.7 Å². The maximum absolute atomic E-state index is 11.7. The number of hydrogen-bond acceptors (Lipinski definition) is 4. The van der Waals surface area contributed by atoms with Crippen molar-refractivity contribution in [2.45, 2.75) is 58.0 Å². The Morgan fingerprint density at radius 1 is 1.29 bits per heavy atom. The van der Waals surface area contributed by atoms with Crippen LogP contribution in [0, 0.1) is 0 Å². The van der Waals surface area contributed by atoms with Gasteiger partial charge in [-0.15, -0.1) is 0 Å². The van der Waals surface area contributed by atoms with Gasteiger partial charge in [0, 0.05) is 24.8 Å². The molecule has 0 aromatic heterocycles. The molecular formula is C16H22O5. The van der Waals surface area contributed by atoms with Crippen LogP contribution in [-0.2, 0) is 14.4 Å². The Balaban J connectivity index is 2.55. The van der Waals surface area contributed by atoms with Gasteiger partial charge in [-0.1, -0.05) is 19.4 Å². The summed E-state index contributed by atoms with van der Waals surface area (Å²) in [6.45, 7) is 1.96. The molecule has 0 radical (unpaired) electrons. The van der Waals surface area contributed by atoms with Gasteiger partial charge >= 0.3 is 5.97 Å². The highest BCUT2D eigenvalue weighted by molar-refractivity contribution is 6.00. The van der Waals surface area contributed by atoms with Crippen LogP contribution >= 0.6 is 0 Å². The number of Topliss-reactive ketones (excluding diaryl/α,β-unsaturated/α-hetero) is 1. The molecule has 1 aliphatic carbocycles. The quantitative estimate of drug-likeness (QED) is 0.502. The summed E-state index contributed by atoms with van der Waals surface area (Å²) >= 11 is 0. The number of ketones is 2. The zero-order valence-corrected chi connectivity index (χ0v) is 12.3. The average molecular weight is 294 g/mol.